The normalized spacial score (nSPS) is 15.2. The van der Waals surface area contributed by atoms with Crippen LogP contribution in [0.1, 0.15) is 31.5 Å². The maximum atomic E-state index is 12.7. The number of rotatable bonds is 4. The van der Waals surface area contributed by atoms with Crippen molar-refractivity contribution in [3.63, 3.8) is 0 Å². The Hall–Kier alpha value is -2.74. The number of nitrogens with zero attached hydrogens (tertiary/aromatic N) is 4. The molecule has 1 aliphatic heterocycles. The summed E-state index contributed by atoms with van der Waals surface area (Å²) in [6, 6.07) is 5.33. The Kier molecular flexibility index (Phi) is 4.03. The van der Waals surface area contributed by atoms with E-state index in [1.54, 1.807) is 36.7 Å². The standard InChI is InChI=1S/C18H18ClFN6O/c1-18(2)13-14(21)22-17(24-15(13)23-16(18)27)26-12-6-5-9(19)8-10(12)11(25-26)4-3-7-20/h5-6,8H,3-4,7H2,1-2H3,(H3,21,22,23,24,27). The SMILES string of the molecule is CC1(C)C(=O)Nc2nc(-n3nc(CCCF)c4cc(Cl)ccc43)nc(N)c21. The molecular formula is C18H18ClFN6O. The second-order valence-electron chi connectivity index (χ2n) is 7.02. The molecular weight excluding hydrogens is 371 g/mol. The molecule has 9 heteroatoms. The Labute approximate surface area is 159 Å². The molecule has 7 nitrogen and oxygen atoms in total. The topological polar surface area (TPSA) is 98.7 Å². The summed E-state index contributed by atoms with van der Waals surface area (Å²) >= 11 is 6.12. The quantitative estimate of drug-likeness (QED) is 0.715. The lowest BCUT2D eigenvalue weighted by molar-refractivity contribution is -0.119. The first-order valence-corrected chi connectivity index (χ1v) is 8.93. The Morgan fingerprint density at radius 1 is 1.33 bits per heavy atom. The minimum Gasteiger partial charge on any atom is -0.383 e. The first kappa shape index (κ1) is 17.7. The fourth-order valence-corrected chi connectivity index (χ4v) is 3.54. The Bertz CT molecular complexity index is 1080. The van der Waals surface area contributed by atoms with Crippen LogP contribution in [0.25, 0.3) is 16.9 Å². The van der Waals surface area contributed by atoms with Gasteiger partial charge in [0.15, 0.2) is 0 Å². The molecule has 3 heterocycles. The minimum absolute atomic E-state index is 0.184. The van der Waals surface area contributed by atoms with Gasteiger partial charge in [-0.05, 0) is 44.9 Å². The van der Waals surface area contributed by atoms with Gasteiger partial charge in [-0.15, -0.1) is 0 Å². The predicted octanol–water partition coefficient (Wildman–Crippen LogP) is 3.18. The largest absolute Gasteiger partial charge is 0.383 e. The van der Waals surface area contributed by atoms with E-state index in [9.17, 15) is 9.18 Å². The van der Waals surface area contributed by atoms with Crippen molar-refractivity contribution >= 4 is 40.0 Å². The fraction of sp³-hybridized carbons (Fsp3) is 0.333. The van der Waals surface area contributed by atoms with Crippen molar-refractivity contribution in [2.24, 2.45) is 0 Å². The molecule has 0 fully saturated rings. The van der Waals surface area contributed by atoms with Crippen LogP contribution in [-0.2, 0) is 16.6 Å². The first-order valence-electron chi connectivity index (χ1n) is 8.56. The fourth-order valence-electron chi connectivity index (χ4n) is 3.37. The molecule has 0 unspecified atom stereocenters. The van der Waals surface area contributed by atoms with Crippen LogP contribution in [0.4, 0.5) is 16.0 Å². The number of hydrogen-bond donors (Lipinski definition) is 2. The van der Waals surface area contributed by atoms with E-state index in [0.29, 0.717) is 34.9 Å². The highest BCUT2D eigenvalue weighted by Gasteiger charge is 2.42. The first-order chi connectivity index (χ1) is 12.8. The van der Waals surface area contributed by atoms with Crippen molar-refractivity contribution in [1.82, 2.24) is 19.7 Å². The van der Waals surface area contributed by atoms with E-state index >= 15 is 0 Å². The number of amides is 1. The molecule has 0 saturated carbocycles. The smallest absolute Gasteiger partial charge is 0.255 e. The number of fused-ring (bicyclic) bond motifs is 2. The third-order valence-corrected chi connectivity index (χ3v) is 5.04. The molecule has 1 aliphatic rings. The summed E-state index contributed by atoms with van der Waals surface area (Å²) in [5, 5.41) is 8.68. The van der Waals surface area contributed by atoms with Gasteiger partial charge in [0, 0.05) is 10.4 Å². The van der Waals surface area contributed by atoms with Gasteiger partial charge in [-0.1, -0.05) is 11.6 Å². The number of carbonyl (C=O) groups is 1. The van der Waals surface area contributed by atoms with Gasteiger partial charge in [0.1, 0.15) is 11.6 Å². The van der Waals surface area contributed by atoms with E-state index in [-0.39, 0.29) is 17.7 Å². The van der Waals surface area contributed by atoms with Crippen LogP contribution in [0.5, 0.6) is 0 Å². The molecule has 0 saturated heterocycles. The lowest BCUT2D eigenvalue weighted by Gasteiger charge is -2.16. The van der Waals surface area contributed by atoms with Gasteiger partial charge >= 0.3 is 0 Å². The van der Waals surface area contributed by atoms with Crippen molar-refractivity contribution in [2.75, 3.05) is 17.7 Å². The zero-order chi connectivity index (χ0) is 19.3. The molecule has 0 spiro atoms. The second kappa shape index (κ2) is 6.16. The summed E-state index contributed by atoms with van der Waals surface area (Å²) in [5.41, 5.74) is 7.36. The zero-order valence-electron chi connectivity index (χ0n) is 14.9. The molecule has 0 bridgehead atoms. The van der Waals surface area contributed by atoms with Crippen molar-refractivity contribution in [3.8, 4) is 5.95 Å². The van der Waals surface area contributed by atoms with Gasteiger partial charge in [0.25, 0.3) is 5.95 Å². The highest BCUT2D eigenvalue weighted by molar-refractivity contribution is 6.31. The summed E-state index contributed by atoms with van der Waals surface area (Å²) in [4.78, 5) is 21.1. The van der Waals surface area contributed by atoms with Crippen molar-refractivity contribution in [2.45, 2.75) is 32.1 Å². The molecule has 4 rings (SSSR count). The molecule has 0 radical (unpaired) electrons. The van der Waals surface area contributed by atoms with E-state index in [1.165, 1.54) is 0 Å². The molecule has 0 aliphatic carbocycles. The van der Waals surface area contributed by atoms with Crippen LogP contribution < -0.4 is 11.1 Å². The third-order valence-electron chi connectivity index (χ3n) is 4.80. The molecule has 27 heavy (non-hydrogen) atoms. The van der Waals surface area contributed by atoms with Crippen LogP contribution in [0, 0.1) is 0 Å². The highest BCUT2D eigenvalue weighted by atomic mass is 35.5. The van der Waals surface area contributed by atoms with Crippen LogP contribution in [0.3, 0.4) is 0 Å². The molecule has 3 aromatic rings. The van der Waals surface area contributed by atoms with Gasteiger partial charge in [-0.25, -0.2) is 0 Å². The van der Waals surface area contributed by atoms with E-state index in [0.717, 1.165) is 10.9 Å². The van der Waals surface area contributed by atoms with E-state index in [2.05, 4.69) is 20.4 Å². The predicted molar refractivity (Wildman–Crippen MR) is 102 cm³/mol. The third kappa shape index (κ3) is 2.71. The van der Waals surface area contributed by atoms with Gasteiger partial charge in [-0.3, -0.25) is 9.18 Å². The van der Waals surface area contributed by atoms with Gasteiger partial charge in [0.05, 0.1) is 28.9 Å². The van der Waals surface area contributed by atoms with Crippen molar-refractivity contribution in [3.05, 3.63) is 34.5 Å². The molecule has 2 aromatic heterocycles. The lowest BCUT2D eigenvalue weighted by atomic mass is 9.87. The molecule has 140 valence electrons. The summed E-state index contributed by atoms with van der Waals surface area (Å²) in [5.74, 6) is 0.663. The number of nitrogens with one attached hydrogen (secondary N) is 1. The lowest BCUT2D eigenvalue weighted by Crippen LogP contribution is -2.27. The van der Waals surface area contributed by atoms with Crippen LogP contribution >= 0.6 is 11.6 Å². The monoisotopic (exact) mass is 388 g/mol. The number of aromatic nitrogens is 4. The average Bonchev–Trinajstić information content (AvgIpc) is 3.07. The summed E-state index contributed by atoms with van der Waals surface area (Å²) in [6.45, 7) is 3.11. The van der Waals surface area contributed by atoms with Crippen LogP contribution in [0.15, 0.2) is 18.2 Å². The number of alkyl halides is 1. The number of carbonyl (C=O) groups excluding carboxylic acids is 1. The van der Waals surface area contributed by atoms with Crippen molar-refractivity contribution in [1.29, 1.82) is 0 Å². The van der Waals surface area contributed by atoms with E-state index < -0.39 is 12.1 Å². The molecule has 0 atom stereocenters. The molecule has 1 amide bonds. The van der Waals surface area contributed by atoms with Crippen molar-refractivity contribution < 1.29 is 9.18 Å². The maximum Gasteiger partial charge on any atom is 0.255 e. The van der Waals surface area contributed by atoms with Crippen LogP contribution in [0.2, 0.25) is 5.02 Å². The number of nitrogens with two attached hydrogens (primary N) is 1. The number of anilines is 2. The number of aryl methyl sites for hydroxylation is 1. The molecule has 3 N–H and O–H groups in total. The second-order valence-corrected chi connectivity index (χ2v) is 7.46. The van der Waals surface area contributed by atoms with E-state index in [4.69, 9.17) is 17.3 Å². The van der Waals surface area contributed by atoms with E-state index in [1.807, 2.05) is 0 Å². The summed E-state index contributed by atoms with van der Waals surface area (Å²) < 4.78 is 14.2. The number of hydrogen-bond acceptors (Lipinski definition) is 5. The zero-order valence-corrected chi connectivity index (χ0v) is 15.6. The Balaban J connectivity index is 1.90. The Morgan fingerprint density at radius 2 is 2.11 bits per heavy atom. The van der Waals surface area contributed by atoms with Gasteiger partial charge < -0.3 is 11.1 Å². The molecule has 1 aromatic carbocycles. The summed E-state index contributed by atoms with van der Waals surface area (Å²) in [7, 11) is 0. The van der Waals surface area contributed by atoms with Gasteiger partial charge in [-0.2, -0.15) is 19.7 Å². The maximum absolute atomic E-state index is 12.7. The number of halogens is 2. The highest BCUT2D eigenvalue weighted by Crippen LogP contribution is 2.39. The number of benzene rings is 1. The average molecular weight is 389 g/mol. The summed E-state index contributed by atoms with van der Waals surface area (Å²) in [6.07, 6.45) is 0.820. The minimum atomic E-state index is -0.802. The van der Waals surface area contributed by atoms with Gasteiger partial charge in [0.2, 0.25) is 5.91 Å². The van der Waals surface area contributed by atoms with Crippen LogP contribution in [-0.4, -0.2) is 32.3 Å². The Morgan fingerprint density at radius 3 is 2.85 bits per heavy atom. The number of nitrogen functional groups attached to an aromatic ring is 1.